The minimum Gasteiger partial charge on any atom is -0.209 e. The van der Waals surface area contributed by atoms with E-state index in [9.17, 15) is 13.2 Å². The van der Waals surface area contributed by atoms with Gasteiger partial charge in [-0.2, -0.15) is 18.3 Å². The van der Waals surface area contributed by atoms with Crippen molar-refractivity contribution in [2.24, 2.45) is 0 Å². The molecular formula is C11H12F3N3. The average Bonchev–Trinajstić information content (AvgIpc) is 2.61. The van der Waals surface area contributed by atoms with Crippen molar-refractivity contribution >= 4 is 5.70 Å². The molecule has 0 aliphatic carbocycles. The SMILES string of the molecule is C=C/C(=C\C=C/C)n1nc(C)nc1C(F)(F)F. The van der Waals surface area contributed by atoms with Gasteiger partial charge >= 0.3 is 6.18 Å². The van der Waals surface area contributed by atoms with Gasteiger partial charge in [0.1, 0.15) is 5.82 Å². The lowest BCUT2D eigenvalue weighted by atomic mass is 10.3. The molecule has 6 heteroatoms. The average molecular weight is 243 g/mol. The van der Waals surface area contributed by atoms with Gasteiger partial charge in [0.05, 0.1) is 5.70 Å². The van der Waals surface area contributed by atoms with E-state index in [1.807, 2.05) is 0 Å². The molecule has 0 fully saturated rings. The molecule has 0 spiro atoms. The highest BCUT2D eigenvalue weighted by molar-refractivity contribution is 5.58. The highest BCUT2D eigenvalue weighted by Gasteiger charge is 2.38. The number of hydrogen-bond acceptors (Lipinski definition) is 2. The summed E-state index contributed by atoms with van der Waals surface area (Å²) >= 11 is 0. The second-order valence-electron chi connectivity index (χ2n) is 3.21. The summed E-state index contributed by atoms with van der Waals surface area (Å²) in [6, 6.07) is 0. The predicted octanol–water partition coefficient (Wildman–Crippen LogP) is 3.21. The molecule has 0 aliphatic rings. The van der Waals surface area contributed by atoms with E-state index in [-0.39, 0.29) is 11.5 Å². The van der Waals surface area contributed by atoms with Gasteiger partial charge in [0, 0.05) is 0 Å². The number of allylic oxidation sites excluding steroid dienone is 5. The van der Waals surface area contributed by atoms with Crippen molar-refractivity contribution in [1.82, 2.24) is 14.8 Å². The lowest BCUT2D eigenvalue weighted by molar-refractivity contribution is -0.146. The van der Waals surface area contributed by atoms with Crippen LogP contribution in [-0.4, -0.2) is 14.8 Å². The maximum absolute atomic E-state index is 12.7. The van der Waals surface area contributed by atoms with Crippen LogP contribution in [0.2, 0.25) is 0 Å². The smallest absolute Gasteiger partial charge is 0.209 e. The van der Waals surface area contributed by atoms with Crippen LogP contribution in [0.5, 0.6) is 0 Å². The van der Waals surface area contributed by atoms with Crippen molar-refractivity contribution in [1.29, 1.82) is 0 Å². The fraction of sp³-hybridized carbons (Fsp3) is 0.273. The highest BCUT2D eigenvalue weighted by atomic mass is 19.4. The Kier molecular flexibility index (Phi) is 3.88. The van der Waals surface area contributed by atoms with Crippen LogP contribution in [0.1, 0.15) is 18.6 Å². The molecule has 0 N–H and O–H groups in total. The van der Waals surface area contributed by atoms with E-state index >= 15 is 0 Å². The third-order valence-corrected chi connectivity index (χ3v) is 1.88. The minimum atomic E-state index is -4.54. The molecule has 0 amide bonds. The van der Waals surface area contributed by atoms with Crippen molar-refractivity contribution < 1.29 is 13.2 Å². The summed E-state index contributed by atoms with van der Waals surface area (Å²) in [4.78, 5) is 3.37. The van der Waals surface area contributed by atoms with Crippen LogP contribution in [0.3, 0.4) is 0 Å². The maximum Gasteiger partial charge on any atom is 0.451 e. The van der Waals surface area contributed by atoms with E-state index in [4.69, 9.17) is 0 Å². The number of aromatic nitrogens is 3. The Hall–Kier alpha value is -1.85. The molecule has 1 heterocycles. The first-order valence-corrected chi connectivity index (χ1v) is 4.86. The molecule has 0 atom stereocenters. The van der Waals surface area contributed by atoms with E-state index in [0.717, 1.165) is 4.68 Å². The van der Waals surface area contributed by atoms with E-state index in [2.05, 4.69) is 16.7 Å². The predicted molar refractivity (Wildman–Crippen MR) is 59.0 cm³/mol. The van der Waals surface area contributed by atoms with Crippen molar-refractivity contribution in [2.75, 3.05) is 0 Å². The normalized spacial score (nSPS) is 13.4. The molecule has 92 valence electrons. The zero-order valence-electron chi connectivity index (χ0n) is 9.49. The van der Waals surface area contributed by atoms with Gasteiger partial charge in [-0.25, -0.2) is 9.67 Å². The van der Waals surface area contributed by atoms with Crippen molar-refractivity contribution in [3.8, 4) is 0 Å². The van der Waals surface area contributed by atoms with Crippen LogP contribution in [0.25, 0.3) is 5.70 Å². The fourth-order valence-corrected chi connectivity index (χ4v) is 1.20. The first kappa shape index (κ1) is 13.2. The topological polar surface area (TPSA) is 30.7 Å². The lowest BCUT2D eigenvalue weighted by Crippen LogP contribution is -2.15. The van der Waals surface area contributed by atoms with Gasteiger partial charge in [0.2, 0.25) is 5.82 Å². The third kappa shape index (κ3) is 3.05. The van der Waals surface area contributed by atoms with E-state index in [0.29, 0.717) is 0 Å². The minimum absolute atomic E-state index is 0.0607. The second kappa shape index (κ2) is 4.99. The van der Waals surface area contributed by atoms with Crippen LogP contribution in [-0.2, 0) is 6.18 Å². The van der Waals surface area contributed by atoms with Crippen LogP contribution >= 0.6 is 0 Å². The van der Waals surface area contributed by atoms with Gasteiger partial charge < -0.3 is 0 Å². The molecule has 0 saturated carbocycles. The maximum atomic E-state index is 12.7. The van der Waals surface area contributed by atoms with Crippen molar-refractivity contribution in [3.63, 3.8) is 0 Å². The molecule has 1 aromatic rings. The van der Waals surface area contributed by atoms with E-state index in [1.165, 1.54) is 19.1 Å². The first-order chi connectivity index (χ1) is 7.90. The van der Waals surface area contributed by atoms with Gasteiger partial charge in [0.25, 0.3) is 0 Å². The van der Waals surface area contributed by atoms with Gasteiger partial charge in [-0.15, -0.1) is 0 Å². The lowest BCUT2D eigenvalue weighted by Gasteiger charge is -2.08. The summed E-state index contributed by atoms with van der Waals surface area (Å²) in [5.41, 5.74) is 0.219. The first-order valence-electron chi connectivity index (χ1n) is 4.86. The molecule has 0 radical (unpaired) electrons. The molecule has 0 unspecified atom stereocenters. The molecule has 3 nitrogen and oxygen atoms in total. The molecule has 0 aliphatic heterocycles. The molecule has 0 aromatic carbocycles. The standard InChI is InChI=1S/C11H12F3N3/c1-4-6-7-9(5-2)17-10(11(12,13)14)15-8(3)16-17/h4-7H,2H2,1,3H3/b6-4-,9-7+. The molecule has 17 heavy (non-hydrogen) atoms. The molecule has 1 rings (SSSR count). The zero-order chi connectivity index (χ0) is 13.1. The fourth-order valence-electron chi connectivity index (χ4n) is 1.20. The van der Waals surface area contributed by atoms with Gasteiger partial charge in [-0.1, -0.05) is 18.7 Å². The molecule has 0 saturated heterocycles. The Morgan fingerprint density at radius 3 is 2.53 bits per heavy atom. The monoisotopic (exact) mass is 243 g/mol. The van der Waals surface area contributed by atoms with E-state index < -0.39 is 12.0 Å². The van der Waals surface area contributed by atoms with Crippen LogP contribution in [0.15, 0.2) is 30.9 Å². The van der Waals surface area contributed by atoms with Gasteiger partial charge in [0.15, 0.2) is 0 Å². The molecule has 1 aromatic heterocycles. The quantitative estimate of drug-likeness (QED) is 0.763. The molecular weight excluding hydrogens is 231 g/mol. The van der Waals surface area contributed by atoms with Gasteiger partial charge in [-0.05, 0) is 26.0 Å². The summed E-state index contributed by atoms with van der Waals surface area (Å²) < 4.78 is 38.8. The number of hydrogen-bond donors (Lipinski definition) is 0. The number of aryl methyl sites for hydroxylation is 1. The van der Waals surface area contributed by atoms with Crippen LogP contribution in [0.4, 0.5) is 13.2 Å². The molecule has 0 bridgehead atoms. The zero-order valence-corrected chi connectivity index (χ0v) is 9.49. The Balaban J connectivity index is 3.34. The summed E-state index contributed by atoms with van der Waals surface area (Å²) in [5, 5.41) is 3.71. The summed E-state index contributed by atoms with van der Waals surface area (Å²) in [6.45, 7) is 6.63. The Morgan fingerprint density at radius 1 is 1.41 bits per heavy atom. The number of halogens is 3. The Labute approximate surface area is 97.0 Å². The van der Waals surface area contributed by atoms with E-state index in [1.54, 1.807) is 19.1 Å². The number of rotatable bonds is 3. The Morgan fingerprint density at radius 2 is 2.06 bits per heavy atom. The number of alkyl halides is 3. The number of nitrogens with zero attached hydrogens (tertiary/aromatic N) is 3. The highest BCUT2D eigenvalue weighted by Crippen LogP contribution is 2.29. The summed E-state index contributed by atoms with van der Waals surface area (Å²) in [5.74, 6) is -0.990. The summed E-state index contributed by atoms with van der Waals surface area (Å²) in [7, 11) is 0. The largest absolute Gasteiger partial charge is 0.451 e. The second-order valence-corrected chi connectivity index (χ2v) is 3.21. The van der Waals surface area contributed by atoms with Crippen LogP contribution < -0.4 is 0 Å². The summed E-state index contributed by atoms with van der Waals surface area (Å²) in [6.07, 6.45) is 1.54. The van der Waals surface area contributed by atoms with Gasteiger partial charge in [-0.3, -0.25) is 0 Å². The van der Waals surface area contributed by atoms with Crippen molar-refractivity contribution in [2.45, 2.75) is 20.0 Å². The third-order valence-electron chi connectivity index (χ3n) is 1.88. The van der Waals surface area contributed by atoms with Crippen LogP contribution in [0, 0.1) is 6.92 Å². The van der Waals surface area contributed by atoms with Crippen molar-refractivity contribution in [3.05, 3.63) is 42.5 Å². The Bertz CT molecular complexity index is 467.